The molecule has 0 aliphatic rings. The maximum Gasteiger partial charge on any atom is 0.324 e. The molecule has 10 heteroatoms. The van der Waals surface area contributed by atoms with Crippen LogP contribution in [0.3, 0.4) is 0 Å². The van der Waals surface area contributed by atoms with Crippen LogP contribution in [0, 0.1) is 10.1 Å². The molecule has 31 heavy (non-hydrogen) atoms. The molecular weight excluding hydrogens is 436 g/mol. The molecule has 0 aliphatic heterocycles. The second kappa shape index (κ2) is 10.5. The normalized spacial score (nSPS) is 11.5. The quantitative estimate of drug-likeness (QED) is 0.248. The number of carbonyl (C=O) groups excluding carboxylic acids is 1. The third kappa shape index (κ3) is 5.66. The number of methoxy groups -OCH3 is 1. The zero-order chi connectivity index (χ0) is 22.4. The number of benzene rings is 1. The van der Waals surface area contributed by atoms with E-state index in [1.54, 1.807) is 24.2 Å². The first-order chi connectivity index (χ1) is 14.9. The number of likely N-dealkylation sites (N-methyl/N-ethyl adjacent to an activating group) is 1. The zero-order valence-electron chi connectivity index (χ0n) is 17.6. The van der Waals surface area contributed by atoms with E-state index in [1.165, 1.54) is 23.5 Å². The highest BCUT2D eigenvalue weighted by molar-refractivity contribution is 7.22. The fourth-order valence-electron chi connectivity index (χ4n) is 2.99. The van der Waals surface area contributed by atoms with Gasteiger partial charge < -0.3 is 9.64 Å². The Morgan fingerprint density at radius 1 is 1.19 bits per heavy atom. The van der Waals surface area contributed by atoms with E-state index in [0.717, 1.165) is 46.9 Å². The van der Waals surface area contributed by atoms with Crippen LogP contribution >= 0.6 is 22.7 Å². The molecule has 0 N–H and O–H groups in total. The highest BCUT2D eigenvalue weighted by Crippen LogP contribution is 2.32. The molecule has 1 aromatic carbocycles. The zero-order valence-corrected chi connectivity index (χ0v) is 19.2. The number of rotatable bonds is 10. The molecule has 164 valence electrons. The molecule has 2 aromatic heterocycles. The molecule has 0 unspecified atom stereocenters. The van der Waals surface area contributed by atoms with E-state index in [-0.39, 0.29) is 10.9 Å². The molecule has 3 aromatic rings. The van der Waals surface area contributed by atoms with Crippen LogP contribution in [0.4, 0.5) is 10.1 Å². The largest absolute Gasteiger partial charge is 0.497 e. The second-order valence-corrected chi connectivity index (χ2v) is 8.72. The van der Waals surface area contributed by atoms with Gasteiger partial charge in [-0.15, -0.1) is 0 Å². The fraction of sp³-hybridized carbons (Fsp3) is 0.333. The Morgan fingerprint density at radius 3 is 2.61 bits per heavy atom. The van der Waals surface area contributed by atoms with Gasteiger partial charge in [-0.2, -0.15) is 0 Å². The Morgan fingerprint density at radius 2 is 1.97 bits per heavy atom. The summed E-state index contributed by atoms with van der Waals surface area (Å²) in [5, 5.41) is 11.5. The van der Waals surface area contributed by atoms with Gasteiger partial charge in [0, 0.05) is 30.1 Å². The number of thiophene rings is 1. The van der Waals surface area contributed by atoms with Crippen molar-refractivity contribution in [2.75, 3.05) is 38.2 Å². The summed E-state index contributed by atoms with van der Waals surface area (Å²) in [5.41, 5.74) is 0.805. The van der Waals surface area contributed by atoms with Crippen molar-refractivity contribution >= 4 is 55.0 Å². The van der Waals surface area contributed by atoms with Crippen molar-refractivity contribution in [2.45, 2.75) is 13.8 Å². The van der Waals surface area contributed by atoms with Crippen LogP contribution < -0.4 is 9.64 Å². The maximum atomic E-state index is 13.1. The summed E-state index contributed by atoms with van der Waals surface area (Å²) in [7, 11) is 1.61. The van der Waals surface area contributed by atoms with Crippen LogP contribution in [0.2, 0.25) is 0 Å². The molecule has 0 fully saturated rings. The van der Waals surface area contributed by atoms with Gasteiger partial charge in [0.05, 0.1) is 22.2 Å². The van der Waals surface area contributed by atoms with Crippen LogP contribution in [0.15, 0.2) is 36.4 Å². The Hall–Kier alpha value is -2.82. The lowest BCUT2D eigenvalue weighted by atomic mass is 10.3. The maximum absolute atomic E-state index is 13.1. The molecule has 0 bridgehead atoms. The molecule has 8 nitrogen and oxygen atoms in total. The number of ether oxygens (including phenoxy) is 1. The predicted molar refractivity (Wildman–Crippen MR) is 126 cm³/mol. The number of nitro groups is 1. The monoisotopic (exact) mass is 460 g/mol. The minimum absolute atomic E-state index is 0.0469. The van der Waals surface area contributed by atoms with E-state index >= 15 is 0 Å². The highest BCUT2D eigenvalue weighted by Gasteiger charge is 2.19. The lowest BCUT2D eigenvalue weighted by Gasteiger charge is -2.23. The standard InChI is InChI=1S/C21H24N4O4S2/c1-4-23(5-2)12-13-24(19(26)10-7-16-8-11-20(30-16)25(27)28)21-22-17-9-6-15(29-3)14-18(17)31-21/h6-11,14H,4-5,12-13H2,1-3H3. The van der Waals surface area contributed by atoms with Crippen LogP contribution in [0.25, 0.3) is 16.3 Å². The first kappa shape index (κ1) is 22.9. The van der Waals surface area contributed by atoms with Crippen LogP contribution in [0.1, 0.15) is 18.7 Å². The smallest absolute Gasteiger partial charge is 0.324 e. The molecule has 0 saturated carbocycles. The Bertz CT molecular complexity index is 1090. The summed E-state index contributed by atoms with van der Waals surface area (Å²) in [6, 6.07) is 8.70. The van der Waals surface area contributed by atoms with E-state index in [0.29, 0.717) is 16.6 Å². The Kier molecular flexibility index (Phi) is 7.72. The number of carbonyl (C=O) groups is 1. The third-order valence-electron chi connectivity index (χ3n) is 4.80. The Labute approximate surface area is 188 Å². The van der Waals surface area contributed by atoms with Gasteiger partial charge in [-0.3, -0.25) is 19.8 Å². The lowest BCUT2D eigenvalue weighted by molar-refractivity contribution is -0.380. The number of nitrogens with zero attached hydrogens (tertiary/aromatic N) is 4. The number of thiazole rings is 1. The lowest BCUT2D eigenvalue weighted by Crippen LogP contribution is -2.38. The van der Waals surface area contributed by atoms with Crippen molar-refractivity contribution in [2.24, 2.45) is 0 Å². The van der Waals surface area contributed by atoms with Gasteiger partial charge in [-0.25, -0.2) is 4.98 Å². The van der Waals surface area contributed by atoms with E-state index in [2.05, 4.69) is 23.7 Å². The van der Waals surface area contributed by atoms with Crippen molar-refractivity contribution in [3.63, 3.8) is 0 Å². The summed E-state index contributed by atoms with van der Waals surface area (Å²) in [6.07, 6.45) is 3.06. The number of aromatic nitrogens is 1. The molecule has 2 heterocycles. The molecule has 0 saturated heterocycles. The molecule has 0 aliphatic carbocycles. The van der Waals surface area contributed by atoms with Crippen molar-refractivity contribution in [3.05, 3.63) is 51.4 Å². The van der Waals surface area contributed by atoms with Crippen molar-refractivity contribution in [3.8, 4) is 5.75 Å². The van der Waals surface area contributed by atoms with Crippen molar-refractivity contribution < 1.29 is 14.5 Å². The van der Waals surface area contributed by atoms with Crippen LogP contribution in [-0.4, -0.2) is 54.0 Å². The summed E-state index contributed by atoms with van der Waals surface area (Å²) >= 11 is 2.47. The van der Waals surface area contributed by atoms with E-state index < -0.39 is 4.92 Å². The average molecular weight is 461 g/mol. The molecule has 0 spiro atoms. The summed E-state index contributed by atoms with van der Waals surface area (Å²) in [4.78, 5) is 32.7. The first-order valence-electron chi connectivity index (χ1n) is 9.85. The molecule has 0 atom stereocenters. The van der Waals surface area contributed by atoms with E-state index in [4.69, 9.17) is 4.74 Å². The van der Waals surface area contributed by atoms with Crippen LogP contribution in [0.5, 0.6) is 5.75 Å². The molecule has 1 amide bonds. The van der Waals surface area contributed by atoms with Gasteiger partial charge >= 0.3 is 5.00 Å². The molecular formula is C21H24N4O4S2. The molecule has 0 radical (unpaired) electrons. The number of hydrogen-bond donors (Lipinski definition) is 0. The van der Waals surface area contributed by atoms with Crippen LogP contribution in [-0.2, 0) is 4.79 Å². The van der Waals surface area contributed by atoms with Gasteiger partial charge in [0.15, 0.2) is 5.13 Å². The van der Waals surface area contributed by atoms with Gasteiger partial charge in [-0.05, 0) is 43.4 Å². The van der Waals surface area contributed by atoms with Crippen molar-refractivity contribution in [1.29, 1.82) is 0 Å². The Balaban J connectivity index is 1.86. The average Bonchev–Trinajstić information content (AvgIpc) is 3.41. The summed E-state index contributed by atoms with van der Waals surface area (Å²) in [5.74, 6) is 0.525. The minimum atomic E-state index is -0.435. The van der Waals surface area contributed by atoms with Gasteiger partial charge in [0.1, 0.15) is 5.75 Å². The van der Waals surface area contributed by atoms with Crippen molar-refractivity contribution in [1.82, 2.24) is 9.88 Å². The topological polar surface area (TPSA) is 88.8 Å². The van der Waals surface area contributed by atoms with Gasteiger partial charge in [0.2, 0.25) is 0 Å². The first-order valence-corrected chi connectivity index (χ1v) is 11.5. The predicted octanol–water partition coefficient (Wildman–Crippen LogP) is 4.66. The van der Waals surface area contributed by atoms with E-state index in [9.17, 15) is 14.9 Å². The third-order valence-corrected chi connectivity index (χ3v) is 6.84. The fourth-order valence-corrected chi connectivity index (χ4v) is 4.74. The summed E-state index contributed by atoms with van der Waals surface area (Å²) < 4.78 is 6.23. The number of amides is 1. The van der Waals surface area contributed by atoms with Gasteiger partial charge in [-0.1, -0.05) is 36.5 Å². The number of fused-ring (bicyclic) bond motifs is 1. The van der Waals surface area contributed by atoms with E-state index in [1.807, 2.05) is 18.2 Å². The minimum Gasteiger partial charge on any atom is -0.497 e. The summed E-state index contributed by atoms with van der Waals surface area (Å²) in [6.45, 7) is 7.17. The second-order valence-electron chi connectivity index (χ2n) is 6.61. The number of anilines is 1. The molecule has 3 rings (SSSR count). The SMILES string of the molecule is CCN(CC)CCN(C(=O)C=Cc1ccc([N+](=O)[O-])s1)c1nc2ccc(OC)cc2s1. The highest BCUT2D eigenvalue weighted by atomic mass is 32.1. The van der Waals surface area contributed by atoms with Gasteiger partial charge in [0.25, 0.3) is 5.91 Å². The number of hydrogen-bond acceptors (Lipinski definition) is 8.